The topological polar surface area (TPSA) is 74.6 Å². The summed E-state index contributed by atoms with van der Waals surface area (Å²) in [6, 6.07) is 10.6. The van der Waals surface area contributed by atoms with Crippen molar-refractivity contribution in [2.75, 3.05) is 19.6 Å². The van der Waals surface area contributed by atoms with Gasteiger partial charge in [-0.1, -0.05) is 44.2 Å². The lowest BCUT2D eigenvalue weighted by atomic mass is 10.2. The Bertz CT molecular complexity index is 909. The number of aromatic nitrogens is 2. The average Bonchev–Trinajstić information content (AvgIpc) is 3.31. The third-order valence-electron chi connectivity index (χ3n) is 5.78. The van der Waals surface area contributed by atoms with Crippen molar-refractivity contribution in [2.24, 2.45) is 10.9 Å². The number of benzene rings is 1. The Balaban J connectivity index is 0.00000363. The first kappa shape index (κ1) is 26.2. The van der Waals surface area contributed by atoms with E-state index in [1.165, 1.54) is 5.56 Å². The van der Waals surface area contributed by atoms with Gasteiger partial charge < -0.3 is 15.5 Å². The lowest BCUT2D eigenvalue weighted by molar-refractivity contribution is -0.133. The van der Waals surface area contributed by atoms with Gasteiger partial charge in [0.15, 0.2) is 5.96 Å². The third-order valence-corrected chi connectivity index (χ3v) is 5.78. The summed E-state index contributed by atoms with van der Waals surface area (Å²) in [6.45, 7) is 13.8. The maximum Gasteiger partial charge on any atom is 0.225 e. The molecule has 176 valence electrons. The molecule has 0 spiro atoms. The van der Waals surface area contributed by atoms with Crippen LogP contribution in [0.3, 0.4) is 0 Å². The molecule has 1 fully saturated rings. The zero-order chi connectivity index (χ0) is 22.4. The van der Waals surface area contributed by atoms with Gasteiger partial charge in [-0.3, -0.25) is 9.48 Å². The van der Waals surface area contributed by atoms with Gasteiger partial charge in [-0.15, -0.1) is 24.0 Å². The van der Waals surface area contributed by atoms with Crippen molar-refractivity contribution >= 4 is 35.8 Å². The van der Waals surface area contributed by atoms with Gasteiger partial charge in [0.1, 0.15) is 0 Å². The maximum absolute atomic E-state index is 12.3. The largest absolute Gasteiger partial charge is 0.357 e. The molecule has 2 aromatic rings. The summed E-state index contributed by atoms with van der Waals surface area (Å²) in [4.78, 5) is 19.0. The number of aliphatic imine (C=N–C) groups is 1. The summed E-state index contributed by atoms with van der Waals surface area (Å²) >= 11 is 0. The second kappa shape index (κ2) is 12.2. The minimum absolute atomic E-state index is 0. The molecule has 1 aliphatic rings. The standard InChI is InChI=1S/C24H36N6O.HI/c1-6-25-24(27-21-12-13-29(16-21)23(31)17(2)3)26-14-22-18(4)28-30(19(22)5)15-20-10-8-7-9-11-20;/h7-11,17,21H,6,12-16H2,1-5H3,(H2,25,26,27);1H. The molecule has 3 rings (SSSR count). The number of aryl methyl sites for hydroxylation is 1. The Morgan fingerprint density at radius 1 is 1.25 bits per heavy atom. The minimum Gasteiger partial charge on any atom is -0.357 e. The molecule has 1 aliphatic heterocycles. The number of rotatable bonds is 7. The van der Waals surface area contributed by atoms with Crippen LogP contribution >= 0.6 is 24.0 Å². The predicted molar refractivity (Wildman–Crippen MR) is 140 cm³/mol. The quantitative estimate of drug-likeness (QED) is 0.314. The lowest BCUT2D eigenvalue weighted by Gasteiger charge is -2.20. The molecule has 32 heavy (non-hydrogen) atoms. The number of amides is 1. The van der Waals surface area contributed by atoms with Crippen LogP contribution in [-0.2, 0) is 17.9 Å². The smallest absolute Gasteiger partial charge is 0.225 e. The monoisotopic (exact) mass is 552 g/mol. The molecule has 2 heterocycles. The first-order valence-electron chi connectivity index (χ1n) is 11.3. The van der Waals surface area contributed by atoms with Crippen molar-refractivity contribution in [1.82, 2.24) is 25.3 Å². The second-order valence-corrected chi connectivity index (χ2v) is 8.56. The van der Waals surface area contributed by atoms with E-state index in [0.717, 1.165) is 55.5 Å². The predicted octanol–water partition coefficient (Wildman–Crippen LogP) is 3.48. The van der Waals surface area contributed by atoms with Crippen LogP contribution in [-0.4, -0.2) is 52.2 Å². The SMILES string of the molecule is CCNC(=NCc1c(C)nn(Cc2ccccc2)c1C)NC1CCN(C(=O)C(C)C)C1.I. The molecule has 0 saturated carbocycles. The average molecular weight is 553 g/mol. The zero-order valence-electron chi connectivity index (χ0n) is 19.9. The molecule has 0 aliphatic carbocycles. The van der Waals surface area contributed by atoms with Gasteiger partial charge in [-0.05, 0) is 32.8 Å². The van der Waals surface area contributed by atoms with E-state index in [0.29, 0.717) is 6.54 Å². The normalized spacial score (nSPS) is 16.2. The van der Waals surface area contributed by atoms with Crippen LogP contribution in [0, 0.1) is 19.8 Å². The Labute approximate surface area is 209 Å². The van der Waals surface area contributed by atoms with E-state index < -0.39 is 0 Å². The molecule has 1 atom stereocenters. The molecule has 1 saturated heterocycles. The van der Waals surface area contributed by atoms with Crippen molar-refractivity contribution in [1.29, 1.82) is 0 Å². The fraction of sp³-hybridized carbons (Fsp3) is 0.542. The Hall–Kier alpha value is -2.10. The van der Waals surface area contributed by atoms with E-state index in [9.17, 15) is 4.79 Å². The van der Waals surface area contributed by atoms with Gasteiger partial charge in [0, 0.05) is 42.9 Å². The van der Waals surface area contributed by atoms with Crippen molar-refractivity contribution in [2.45, 2.75) is 60.2 Å². The van der Waals surface area contributed by atoms with Gasteiger partial charge in [0.05, 0.1) is 18.8 Å². The van der Waals surface area contributed by atoms with Crippen LogP contribution in [0.5, 0.6) is 0 Å². The van der Waals surface area contributed by atoms with Crippen molar-refractivity contribution in [3.63, 3.8) is 0 Å². The molecule has 8 heteroatoms. The first-order chi connectivity index (χ1) is 14.9. The van der Waals surface area contributed by atoms with E-state index in [1.54, 1.807) is 0 Å². The number of likely N-dealkylation sites (tertiary alicyclic amines) is 1. The maximum atomic E-state index is 12.3. The summed E-state index contributed by atoms with van der Waals surface area (Å²) in [6.07, 6.45) is 0.940. The van der Waals surface area contributed by atoms with E-state index in [4.69, 9.17) is 10.1 Å². The van der Waals surface area contributed by atoms with Gasteiger partial charge in [0.25, 0.3) is 0 Å². The van der Waals surface area contributed by atoms with Crippen molar-refractivity contribution < 1.29 is 4.79 Å². The molecule has 1 amide bonds. The van der Waals surface area contributed by atoms with Crippen LogP contribution in [0.1, 0.15) is 49.7 Å². The Morgan fingerprint density at radius 2 is 1.97 bits per heavy atom. The van der Waals surface area contributed by atoms with E-state index in [2.05, 4.69) is 53.4 Å². The molecular weight excluding hydrogens is 515 g/mol. The molecular formula is C24H37IN6O. The number of halogens is 1. The van der Waals surface area contributed by atoms with Crippen LogP contribution in [0.2, 0.25) is 0 Å². The second-order valence-electron chi connectivity index (χ2n) is 8.56. The number of nitrogens with one attached hydrogen (secondary N) is 2. The third kappa shape index (κ3) is 6.70. The molecule has 1 unspecified atom stereocenters. The van der Waals surface area contributed by atoms with Crippen molar-refractivity contribution in [3.8, 4) is 0 Å². The molecule has 1 aromatic carbocycles. The number of guanidine groups is 1. The number of carbonyl (C=O) groups is 1. The fourth-order valence-corrected chi connectivity index (χ4v) is 3.99. The Kier molecular flexibility index (Phi) is 9.99. The molecule has 7 nitrogen and oxygen atoms in total. The van der Waals surface area contributed by atoms with Crippen LogP contribution in [0.4, 0.5) is 0 Å². The number of carbonyl (C=O) groups excluding carboxylic acids is 1. The minimum atomic E-state index is 0. The first-order valence-corrected chi connectivity index (χ1v) is 11.3. The lowest BCUT2D eigenvalue weighted by Crippen LogP contribution is -2.45. The van der Waals surface area contributed by atoms with Crippen LogP contribution in [0.15, 0.2) is 35.3 Å². The van der Waals surface area contributed by atoms with Gasteiger partial charge >= 0.3 is 0 Å². The fourth-order valence-electron chi connectivity index (χ4n) is 3.99. The summed E-state index contributed by atoms with van der Waals surface area (Å²) in [5, 5.41) is 11.6. The molecule has 1 aromatic heterocycles. The van der Waals surface area contributed by atoms with Crippen LogP contribution in [0.25, 0.3) is 0 Å². The van der Waals surface area contributed by atoms with Gasteiger partial charge in [-0.2, -0.15) is 5.10 Å². The highest BCUT2D eigenvalue weighted by molar-refractivity contribution is 14.0. The number of nitrogens with zero attached hydrogens (tertiary/aromatic N) is 4. The highest BCUT2D eigenvalue weighted by atomic mass is 127. The number of hydrogen-bond donors (Lipinski definition) is 2. The summed E-state index contributed by atoms with van der Waals surface area (Å²) in [7, 11) is 0. The van der Waals surface area contributed by atoms with E-state index >= 15 is 0 Å². The molecule has 0 radical (unpaired) electrons. The van der Waals surface area contributed by atoms with Crippen LogP contribution < -0.4 is 10.6 Å². The van der Waals surface area contributed by atoms with Gasteiger partial charge in [-0.25, -0.2) is 4.99 Å². The van der Waals surface area contributed by atoms with E-state index in [1.807, 2.05) is 31.7 Å². The molecule has 0 bridgehead atoms. The summed E-state index contributed by atoms with van der Waals surface area (Å²) < 4.78 is 2.06. The molecule has 2 N–H and O–H groups in total. The van der Waals surface area contributed by atoms with E-state index in [-0.39, 0.29) is 41.8 Å². The van der Waals surface area contributed by atoms with Gasteiger partial charge in [0.2, 0.25) is 5.91 Å². The highest BCUT2D eigenvalue weighted by Gasteiger charge is 2.28. The summed E-state index contributed by atoms with van der Waals surface area (Å²) in [5.41, 5.74) is 4.56. The van der Waals surface area contributed by atoms with Crippen molar-refractivity contribution in [3.05, 3.63) is 52.8 Å². The Morgan fingerprint density at radius 3 is 2.62 bits per heavy atom. The zero-order valence-corrected chi connectivity index (χ0v) is 22.2. The number of hydrogen-bond acceptors (Lipinski definition) is 3. The highest BCUT2D eigenvalue weighted by Crippen LogP contribution is 2.16. The summed E-state index contributed by atoms with van der Waals surface area (Å²) in [5.74, 6) is 1.06.